The van der Waals surface area contributed by atoms with E-state index in [4.69, 9.17) is 0 Å². The molecule has 1 unspecified atom stereocenters. The van der Waals surface area contributed by atoms with Gasteiger partial charge < -0.3 is 0 Å². The van der Waals surface area contributed by atoms with Crippen molar-refractivity contribution in [2.24, 2.45) is 0 Å². The van der Waals surface area contributed by atoms with Crippen molar-refractivity contribution in [3.05, 3.63) is 88.8 Å². The molecule has 4 aromatic rings. The molecular weight excluding hydrogens is 447 g/mol. The number of halogens is 4. The Hall–Kier alpha value is -2.94. The van der Waals surface area contributed by atoms with E-state index in [0.29, 0.717) is 16.7 Å². The van der Waals surface area contributed by atoms with Crippen LogP contribution in [0.2, 0.25) is 0 Å². The Morgan fingerprint density at radius 1 is 0.966 bits per heavy atom. The lowest BCUT2D eigenvalue weighted by atomic mass is 10.0. The largest absolute Gasteiger partial charge is 0.333 e. The second-order valence-corrected chi connectivity index (χ2v) is 7.31. The molecule has 29 heavy (non-hydrogen) atoms. The Morgan fingerprint density at radius 2 is 1.76 bits per heavy atom. The molecule has 0 N–H and O–H groups in total. The van der Waals surface area contributed by atoms with Gasteiger partial charge in [-0.2, -0.15) is 19.0 Å². The minimum atomic E-state index is -2.74. The summed E-state index contributed by atoms with van der Waals surface area (Å²) in [5, 5.41) is 8.06. The van der Waals surface area contributed by atoms with E-state index in [2.05, 4.69) is 31.1 Å². The summed E-state index contributed by atoms with van der Waals surface area (Å²) < 4.78 is 42.8. The van der Waals surface area contributed by atoms with Crippen molar-refractivity contribution in [2.45, 2.75) is 19.0 Å². The van der Waals surface area contributed by atoms with E-state index in [-0.39, 0.29) is 17.6 Å². The van der Waals surface area contributed by atoms with Crippen LogP contribution in [-0.2, 0) is 6.42 Å². The predicted octanol–water partition coefficient (Wildman–Crippen LogP) is 5.27. The van der Waals surface area contributed by atoms with E-state index < -0.39 is 6.55 Å². The molecule has 9 heteroatoms. The van der Waals surface area contributed by atoms with Gasteiger partial charge in [-0.15, -0.1) is 0 Å². The maximum absolute atomic E-state index is 13.3. The first-order chi connectivity index (χ1) is 14.0. The topological polar surface area (TPSA) is 48.5 Å². The van der Waals surface area contributed by atoms with Crippen molar-refractivity contribution < 1.29 is 13.2 Å². The van der Waals surface area contributed by atoms with Crippen LogP contribution in [0.5, 0.6) is 0 Å². The fourth-order valence-corrected chi connectivity index (χ4v) is 3.34. The summed E-state index contributed by atoms with van der Waals surface area (Å²) in [4.78, 5) is 4.47. The molecule has 1 atom stereocenters. The van der Waals surface area contributed by atoms with Crippen LogP contribution in [0.3, 0.4) is 0 Å². The second kappa shape index (κ2) is 8.20. The lowest BCUT2D eigenvalue weighted by Crippen LogP contribution is -2.15. The van der Waals surface area contributed by atoms with Crippen molar-refractivity contribution in [1.29, 1.82) is 0 Å². The molecule has 0 radical (unpaired) electrons. The first kappa shape index (κ1) is 19.4. The number of alkyl halides is 2. The van der Waals surface area contributed by atoms with Crippen LogP contribution >= 0.6 is 15.9 Å². The third kappa shape index (κ3) is 4.24. The molecule has 148 valence electrons. The third-order valence-electron chi connectivity index (χ3n) is 4.51. The van der Waals surface area contributed by atoms with Gasteiger partial charge in [-0.1, -0.05) is 12.1 Å². The Labute approximate surface area is 172 Å². The zero-order valence-electron chi connectivity index (χ0n) is 15.0. The van der Waals surface area contributed by atoms with Crippen molar-refractivity contribution >= 4 is 15.9 Å². The smallest absolute Gasteiger partial charge is 0.263 e. The van der Waals surface area contributed by atoms with E-state index in [1.807, 2.05) is 12.1 Å². The zero-order valence-corrected chi connectivity index (χ0v) is 16.5. The van der Waals surface area contributed by atoms with Gasteiger partial charge in [0.2, 0.25) is 0 Å². The van der Waals surface area contributed by atoms with Crippen LogP contribution in [0.4, 0.5) is 13.2 Å². The van der Waals surface area contributed by atoms with Crippen LogP contribution in [-0.4, -0.2) is 24.5 Å². The van der Waals surface area contributed by atoms with E-state index in [1.165, 1.54) is 30.6 Å². The van der Waals surface area contributed by atoms with E-state index in [1.54, 1.807) is 29.2 Å². The van der Waals surface area contributed by atoms with Gasteiger partial charge in [0.25, 0.3) is 0 Å². The standard InChI is InChI=1S/C20H15BrF3N5/c21-15-3-6-17(25-11-15)19(9-13-1-4-16(22)5-2-13)28-12-14(10-27-28)18-7-8-26-29(18)20(23)24/h1-8,10-12,19-20H,9H2. The Balaban J connectivity index is 1.71. The van der Waals surface area contributed by atoms with Gasteiger partial charge >= 0.3 is 6.55 Å². The lowest BCUT2D eigenvalue weighted by molar-refractivity contribution is 0.0585. The number of benzene rings is 1. The molecule has 0 bridgehead atoms. The molecule has 0 aliphatic heterocycles. The highest BCUT2D eigenvalue weighted by atomic mass is 79.9. The lowest BCUT2D eigenvalue weighted by Gasteiger charge is -2.17. The monoisotopic (exact) mass is 461 g/mol. The molecule has 0 saturated carbocycles. The summed E-state index contributed by atoms with van der Waals surface area (Å²) >= 11 is 3.37. The predicted molar refractivity (Wildman–Crippen MR) is 105 cm³/mol. The third-order valence-corrected chi connectivity index (χ3v) is 4.97. The molecule has 3 heterocycles. The van der Waals surface area contributed by atoms with Crippen molar-refractivity contribution in [3.8, 4) is 11.3 Å². The van der Waals surface area contributed by atoms with Gasteiger partial charge in [-0.25, -0.2) is 9.07 Å². The molecule has 0 aliphatic carbocycles. The minimum absolute atomic E-state index is 0.274. The molecule has 4 rings (SSSR count). The van der Waals surface area contributed by atoms with Crippen molar-refractivity contribution in [2.75, 3.05) is 0 Å². The highest BCUT2D eigenvalue weighted by Crippen LogP contribution is 2.27. The molecule has 3 aromatic heterocycles. The SMILES string of the molecule is Fc1ccc(CC(c2ccc(Br)cn2)n2cc(-c3ccnn3C(F)F)cn2)cc1. The molecule has 0 spiro atoms. The number of hydrogen-bond donors (Lipinski definition) is 0. The Bertz CT molecular complexity index is 1090. The summed E-state index contributed by atoms with van der Waals surface area (Å²) in [5.74, 6) is -0.311. The van der Waals surface area contributed by atoms with Crippen molar-refractivity contribution in [3.63, 3.8) is 0 Å². The maximum atomic E-state index is 13.3. The fourth-order valence-electron chi connectivity index (χ4n) is 3.10. The van der Waals surface area contributed by atoms with E-state index in [9.17, 15) is 13.2 Å². The normalized spacial score (nSPS) is 12.4. The number of nitrogens with zero attached hydrogens (tertiary/aromatic N) is 5. The van der Waals surface area contributed by atoms with Gasteiger partial charge in [0.15, 0.2) is 0 Å². The number of aromatic nitrogens is 5. The average molecular weight is 462 g/mol. The molecule has 0 amide bonds. The molecule has 0 fully saturated rings. The quantitative estimate of drug-likeness (QED) is 0.392. The first-order valence-electron chi connectivity index (χ1n) is 8.73. The van der Waals surface area contributed by atoms with Gasteiger partial charge in [0, 0.05) is 35.0 Å². The molecular formula is C20H15BrF3N5. The summed E-state index contributed by atoms with van der Waals surface area (Å²) in [7, 11) is 0. The summed E-state index contributed by atoms with van der Waals surface area (Å²) in [6, 6.07) is 11.2. The molecule has 0 saturated heterocycles. The zero-order chi connectivity index (χ0) is 20.4. The van der Waals surface area contributed by atoms with Crippen molar-refractivity contribution in [1.82, 2.24) is 24.5 Å². The van der Waals surface area contributed by atoms with Crippen LogP contribution in [0.1, 0.15) is 23.8 Å². The maximum Gasteiger partial charge on any atom is 0.333 e. The highest BCUT2D eigenvalue weighted by Gasteiger charge is 2.20. The molecule has 5 nitrogen and oxygen atoms in total. The number of rotatable bonds is 6. The first-order valence-corrected chi connectivity index (χ1v) is 9.52. The Morgan fingerprint density at radius 3 is 2.45 bits per heavy atom. The minimum Gasteiger partial charge on any atom is -0.263 e. The second-order valence-electron chi connectivity index (χ2n) is 6.40. The highest BCUT2D eigenvalue weighted by molar-refractivity contribution is 9.10. The van der Waals surface area contributed by atoms with Gasteiger partial charge in [0.05, 0.1) is 23.6 Å². The van der Waals surface area contributed by atoms with Gasteiger partial charge in [-0.05, 0) is 51.8 Å². The van der Waals surface area contributed by atoms with Crippen LogP contribution in [0, 0.1) is 5.82 Å². The number of pyridine rings is 1. The number of hydrogen-bond acceptors (Lipinski definition) is 3. The summed E-state index contributed by atoms with van der Waals surface area (Å²) in [6.07, 6.45) is 6.72. The molecule has 0 aliphatic rings. The van der Waals surface area contributed by atoms with Crippen LogP contribution in [0.15, 0.2) is 71.7 Å². The molecule has 1 aromatic carbocycles. The average Bonchev–Trinajstić information content (AvgIpc) is 3.38. The van der Waals surface area contributed by atoms with Crippen LogP contribution in [0.25, 0.3) is 11.3 Å². The van der Waals surface area contributed by atoms with Gasteiger partial charge in [-0.3, -0.25) is 9.67 Å². The van der Waals surface area contributed by atoms with Crippen LogP contribution < -0.4 is 0 Å². The summed E-state index contributed by atoms with van der Waals surface area (Å²) in [5.41, 5.74) is 2.44. The summed E-state index contributed by atoms with van der Waals surface area (Å²) in [6.45, 7) is -2.74. The van der Waals surface area contributed by atoms with E-state index >= 15 is 0 Å². The van der Waals surface area contributed by atoms with E-state index in [0.717, 1.165) is 15.7 Å². The van der Waals surface area contributed by atoms with Gasteiger partial charge in [0.1, 0.15) is 5.82 Å². The fraction of sp³-hybridized carbons (Fsp3) is 0.150. The Kier molecular flexibility index (Phi) is 5.48.